The maximum Gasteiger partial charge on any atom is 0.330 e. The highest BCUT2D eigenvalue weighted by Gasteiger charge is 2.36. The van der Waals surface area contributed by atoms with Crippen molar-refractivity contribution >= 4 is 21.9 Å². The topological polar surface area (TPSA) is 47.6 Å². The molecule has 0 saturated carbocycles. The number of carbonyl (C=O) groups is 1. The van der Waals surface area contributed by atoms with Crippen LogP contribution in [0.1, 0.15) is 19.4 Å². The molecule has 1 aromatic carbocycles. The molecule has 0 heterocycles. The van der Waals surface area contributed by atoms with Crippen LogP contribution in [0, 0.1) is 0 Å². The Morgan fingerprint density at radius 1 is 1.47 bits per heavy atom. The zero-order chi connectivity index (χ0) is 14.3. The van der Waals surface area contributed by atoms with E-state index >= 15 is 0 Å². The van der Waals surface area contributed by atoms with E-state index in [-0.39, 0.29) is 5.97 Å². The van der Waals surface area contributed by atoms with Gasteiger partial charge >= 0.3 is 5.97 Å². The molecule has 0 aliphatic heterocycles. The van der Waals surface area contributed by atoms with E-state index in [0.29, 0.717) is 19.8 Å². The summed E-state index contributed by atoms with van der Waals surface area (Å²) in [6.07, 6.45) is 0. The average Bonchev–Trinajstić information content (AvgIpc) is 2.39. The van der Waals surface area contributed by atoms with Gasteiger partial charge in [0.1, 0.15) is 5.54 Å². The third-order valence-electron chi connectivity index (χ3n) is 2.87. The van der Waals surface area contributed by atoms with Crippen LogP contribution in [0.4, 0.5) is 0 Å². The standard InChI is InChI=1S/C14H20BrNO3/c1-4-19-13(17)14(2,16-8-9-18-3)11-6-5-7-12(15)10-11/h5-7,10,16H,4,8-9H2,1-3H3. The molecule has 1 aromatic rings. The fraction of sp³-hybridized carbons (Fsp3) is 0.500. The maximum absolute atomic E-state index is 12.2. The van der Waals surface area contributed by atoms with Gasteiger partial charge in [-0.25, -0.2) is 4.79 Å². The minimum Gasteiger partial charge on any atom is -0.464 e. The highest BCUT2D eigenvalue weighted by atomic mass is 79.9. The molecular formula is C14H20BrNO3. The van der Waals surface area contributed by atoms with Crippen LogP contribution in [0.15, 0.2) is 28.7 Å². The molecule has 0 fully saturated rings. The number of ether oxygens (including phenoxy) is 2. The summed E-state index contributed by atoms with van der Waals surface area (Å²) in [4.78, 5) is 12.2. The summed E-state index contributed by atoms with van der Waals surface area (Å²) in [5.41, 5.74) is -0.0189. The number of hydrogen-bond donors (Lipinski definition) is 1. The van der Waals surface area contributed by atoms with Crippen LogP contribution in [0.3, 0.4) is 0 Å². The third kappa shape index (κ3) is 4.30. The summed E-state index contributed by atoms with van der Waals surface area (Å²) >= 11 is 3.42. The zero-order valence-electron chi connectivity index (χ0n) is 11.5. The molecule has 1 atom stereocenters. The largest absolute Gasteiger partial charge is 0.464 e. The van der Waals surface area contributed by atoms with Crippen LogP contribution in [0.2, 0.25) is 0 Å². The fourth-order valence-corrected chi connectivity index (χ4v) is 2.17. The van der Waals surface area contributed by atoms with E-state index in [1.54, 1.807) is 14.0 Å². The number of nitrogens with one attached hydrogen (secondary N) is 1. The molecule has 1 unspecified atom stereocenters. The van der Waals surface area contributed by atoms with Crippen molar-refractivity contribution in [2.24, 2.45) is 0 Å². The Kier molecular flexibility index (Phi) is 6.48. The SMILES string of the molecule is CCOC(=O)C(C)(NCCOC)c1cccc(Br)c1. The molecule has 19 heavy (non-hydrogen) atoms. The van der Waals surface area contributed by atoms with Crippen LogP contribution in [-0.4, -0.2) is 32.8 Å². The van der Waals surface area contributed by atoms with E-state index in [1.807, 2.05) is 31.2 Å². The van der Waals surface area contributed by atoms with E-state index in [4.69, 9.17) is 9.47 Å². The van der Waals surface area contributed by atoms with Crippen molar-refractivity contribution in [2.75, 3.05) is 26.9 Å². The number of halogens is 1. The van der Waals surface area contributed by atoms with E-state index in [0.717, 1.165) is 10.0 Å². The summed E-state index contributed by atoms with van der Waals surface area (Å²) in [7, 11) is 1.63. The normalized spacial score (nSPS) is 13.9. The number of rotatable bonds is 7. The van der Waals surface area contributed by atoms with Gasteiger partial charge < -0.3 is 9.47 Å². The van der Waals surface area contributed by atoms with Crippen molar-refractivity contribution in [1.29, 1.82) is 0 Å². The molecular weight excluding hydrogens is 310 g/mol. The molecule has 0 bridgehead atoms. The summed E-state index contributed by atoms with van der Waals surface area (Å²) < 4.78 is 11.1. The Balaban J connectivity index is 2.99. The third-order valence-corrected chi connectivity index (χ3v) is 3.36. The van der Waals surface area contributed by atoms with Gasteiger partial charge in [0.2, 0.25) is 0 Å². The lowest BCUT2D eigenvalue weighted by molar-refractivity contribution is -0.151. The number of carbonyl (C=O) groups excluding carboxylic acids is 1. The van der Waals surface area contributed by atoms with Crippen LogP contribution < -0.4 is 5.32 Å². The maximum atomic E-state index is 12.2. The van der Waals surface area contributed by atoms with Gasteiger partial charge in [0.25, 0.3) is 0 Å². The highest BCUT2D eigenvalue weighted by molar-refractivity contribution is 9.10. The summed E-state index contributed by atoms with van der Waals surface area (Å²) in [6, 6.07) is 7.64. The molecule has 1 rings (SSSR count). The van der Waals surface area contributed by atoms with Gasteiger partial charge in [-0.1, -0.05) is 28.1 Å². The Labute approximate surface area is 122 Å². The van der Waals surface area contributed by atoms with E-state index < -0.39 is 5.54 Å². The van der Waals surface area contributed by atoms with Gasteiger partial charge in [0, 0.05) is 18.1 Å². The summed E-state index contributed by atoms with van der Waals surface area (Å²) in [5.74, 6) is -0.288. The van der Waals surface area contributed by atoms with E-state index in [9.17, 15) is 4.79 Å². The quantitative estimate of drug-likeness (QED) is 0.616. The molecule has 1 N–H and O–H groups in total. The Hall–Kier alpha value is -0.910. The van der Waals surface area contributed by atoms with Gasteiger partial charge in [-0.3, -0.25) is 5.32 Å². The molecule has 0 radical (unpaired) electrons. The zero-order valence-corrected chi connectivity index (χ0v) is 13.1. The van der Waals surface area contributed by atoms with Gasteiger partial charge in [-0.15, -0.1) is 0 Å². The van der Waals surface area contributed by atoms with Crippen molar-refractivity contribution in [2.45, 2.75) is 19.4 Å². The Morgan fingerprint density at radius 2 is 2.21 bits per heavy atom. The molecule has 0 spiro atoms. The lowest BCUT2D eigenvalue weighted by Crippen LogP contribution is -2.48. The van der Waals surface area contributed by atoms with Crippen molar-refractivity contribution in [1.82, 2.24) is 5.32 Å². The summed E-state index contributed by atoms with van der Waals surface area (Å²) in [6.45, 7) is 5.08. The second kappa shape index (κ2) is 7.62. The molecule has 0 aliphatic rings. The second-order valence-electron chi connectivity index (χ2n) is 4.28. The smallest absolute Gasteiger partial charge is 0.330 e. The van der Waals surface area contributed by atoms with Crippen LogP contribution in [-0.2, 0) is 19.8 Å². The highest BCUT2D eigenvalue weighted by Crippen LogP contribution is 2.25. The number of esters is 1. The molecule has 0 aromatic heterocycles. The summed E-state index contributed by atoms with van der Waals surface area (Å²) in [5, 5.41) is 3.20. The lowest BCUT2D eigenvalue weighted by atomic mass is 9.92. The fourth-order valence-electron chi connectivity index (χ4n) is 1.77. The molecule has 4 nitrogen and oxygen atoms in total. The Bertz CT molecular complexity index is 425. The average molecular weight is 330 g/mol. The van der Waals surface area contributed by atoms with Crippen LogP contribution in [0.25, 0.3) is 0 Å². The lowest BCUT2D eigenvalue weighted by Gasteiger charge is -2.29. The Morgan fingerprint density at radius 3 is 2.79 bits per heavy atom. The predicted molar refractivity (Wildman–Crippen MR) is 78.0 cm³/mol. The van der Waals surface area contributed by atoms with E-state index in [1.165, 1.54) is 0 Å². The van der Waals surface area contributed by atoms with Gasteiger partial charge in [0.15, 0.2) is 0 Å². The van der Waals surface area contributed by atoms with Crippen molar-refractivity contribution in [3.63, 3.8) is 0 Å². The first-order chi connectivity index (χ1) is 9.04. The first-order valence-electron chi connectivity index (χ1n) is 6.21. The molecule has 106 valence electrons. The molecule has 0 saturated heterocycles. The van der Waals surface area contributed by atoms with E-state index in [2.05, 4.69) is 21.2 Å². The van der Waals surface area contributed by atoms with Crippen LogP contribution >= 0.6 is 15.9 Å². The van der Waals surface area contributed by atoms with Gasteiger partial charge in [-0.2, -0.15) is 0 Å². The molecule has 5 heteroatoms. The van der Waals surface area contributed by atoms with Crippen molar-refractivity contribution in [3.05, 3.63) is 34.3 Å². The first kappa shape index (κ1) is 16.1. The van der Waals surface area contributed by atoms with Crippen LogP contribution in [0.5, 0.6) is 0 Å². The minimum atomic E-state index is -0.877. The second-order valence-corrected chi connectivity index (χ2v) is 5.19. The molecule has 0 aliphatic carbocycles. The van der Waals surface area contributed by atoms with Gasteiger partial charge in [-0.05, 0) is 31.5 Å². The number of methoxy groups -OCH3 is 1. The van der Waals surface area contributed by atoms with Crippen molar-refractivity contribution in [3.8, 4) is 0 Å². The predicted octanol–water partition coefficient (Wildman–Crippen LogP) is 2.46. The number of hydrogen-bond acceptors (Lipinski definition) is 4. The number of benzene rings is 1. The monoisotopic (exact) mass is 329 g/mol. The molecule has 0 amide bonds. The first-order valence-corrected chi connectivity index (χ1v) is 7.01. The van der Waals surface area contributed by atoms with Crippen molar-refractivity contribution < 1.29 is 14.3 Å². The van der Waals surface area contributed by atoms with Gasteiger partial charge in [0.05, 0.1) is 13.2 Å². The minimum absolute atomic E-state index is 0.288.